The molecular weight excluding hydrogens is 196 g/mol. The van der Waals surface area contributed by atoms with Crippen molar-refractivity contribution in [1.82, 2.24) is 0 Å². The van der Waals surface area contributed by atoms with E-state index in [1.54, 1.807) is 18.9 Å². The summed E-state index contributed by atoms with van der Waals surface area (Å²) in [4.78, 5) is 12.8. The quantitative estimate of drug-likeness (QED) is 0.710. The highest BCUT2D eigenvalue weighted by atomic mass is 32.2. The van der Waals surface area contributed by atoms with Gasteiger partial charge < -0.3 is 4.74 Å². The van der Waals surface area contributed by atoms with E-state index in [0.29, 0.717) is 11.7 Å². The van der Waals surface area contributed by atoms with Crippen LogP contribution in [-0.2, 0) is 0 Å². The van der Waals surface area contributed by atoms with Crippen LogP contribution >= 0.6 is 11.8 Å². The van der Waals surface area contributed by atoms with Gasteiger partial charge in [-0.3, -0.25) is 4.79 Å². The Morgan fingerprint density at radius 3 is 3.00 bits per heavy atom. The third-order valence-corrected chi connectivity index (χ3v) is 3.47. The summed E-state index contributed by atoms with van der Waals surface area (Å²) in [5.41, 5.74) is 0.812. The lowest BCUT2D eigenvalue weighted by Gasteiger charge is -2.19. The molecule has 0 saturated heterocycles. The van der Waals surface area contributed by atoms with Gasteiger partial charge in [0.25, 0.3) is 0 Å². The highest BCUT2D eigenvalue weighted by Crippen LogP contribution is 2.36. The Morgan fingerprint density at radius 1 is 1.50 bits per heavy atom. The minimum Gasteiger partial charge on any atom is -0.497 e. The number of Topliss-reactive ketones (excluding diaryl/α,β-unsaturated/α-hetero) is 1. The van der Waals surface area contributed by atoms with Crippen LogP contribution in [0, 0.1) is 0 Å². The second kappa shape index (κ2) is 3.65. The molecule has 14 heavy (non-hydrogen) atoms. The minimum absolute atomic E-state index is 0.227. The first-order valence-corrected chi connectivity index (χ1v) is 5.46. The molecule has 0 aromatic heterocycles. The van der Waals surface area contributed by atoms with Crippen molar-refractivity contribution in [2.75, 3.05) is 7.11 Å². The summed E-state index contributed by atoms with van der Waals surface area (Å²) in [6, 6.07) is 5.69. The number of fused-ring (bicyclic) bond motifs is 1. The van der Waals surface area contributed by atoms with Crippen molar-refractivity contribution in [2.24, 2.45) is 0 Å². The van der Waals surface area contributed by atoms with Gasteiger partial charge in [0.05, 0.1) is 7.11 Å². The van der Waals surface area contributed by atoms with E-state index in [2.05, 4.69) is 6.92 Å². The number of carbonyl (C=O) groups excluding carboxylic acids is 1. The van der Waals surface area contributed by atoms with Crippen molar-refractivity contribution >= 4 is 17.5 Å². The summed E-state index contributed by atoms with van der Waals surface area (Å²) in [7, 11) is 1.62. The van der Waals surface area contributed by atoms with Crippen molar-refractivity contribution in [3.63, 3.8) is 0 Å². The predicted molar refractivity (Wildman–Crippen MR) is 57.3 cm³/mol. The molecule has 3 heteroatoms. The van der Waals surface area contributed by atoms with Crippen LogP contribution in [0.15, 0.2) is 23.1 Å². The number of benzene rings is 1. The highest BCUT2D eigenvalue weighted by molar-refractivity contribution is 8.00. The van der Waals surface area contributed by atoms with Gasteiger partial charge in [0.15, 0.2) is 5.78 Å². The van der Waals surface area contributed by atoms with Gasteiger partial charge in [-0.05, 0) is 18.2 Å². The molecule has 0 aliphatic carbocycles. The smallest absolute Gasteiger partial charge is 0.165 e. The van der Waals surface area contributed by atoms with E-state index in [-0.39, 0.29) is 5.78 Å². The number of methoxy groups -OCH3 is 1. The Labute approximate surface area is 87.6 Å². The fourth-order valence-corrected chi connectivity index (χ4v) is 2.70. The minimum atomic E-state index is 0.227. The van der Waals surface area contributed by atoms with Gasteiger partial charge in [-0.1, -0.05) is 6.92 Å². The molecule has 1 aromatic carbocycles. The van der Waals surface area contributed by atoms with E-state index in [1.165, 1.54) is 0 Å². The molecule has 0 N–H and O–H groups in total. The first-order valence-electron chi connectivity index (χ1n) is 4.58. The van der Waals surface area contributed by atoms with Crippen LogP contribution in [0.4, 0.5) is 0 Å². The van der Waals surface area contributed by atoms with E-state index >= 15 is 0 Å². The Bertz CT molecular complexity index is 374. The van der Waals surface area contributed by atoms with Gasteiger partial charge >= 0.3 is 0 Å². The molecule has 0 unspecified atom stereocenters. The summed E-state index contributed by atoms with van der Waals surface area (Å²) in [6.45, 7) is 2.08. The maximum Gasteiger partial charge on any atom is 0.165 e. The summed E-state index contributed by atoms with van der Waals surface area (Å²) < 4.78 is 5.09. The Morgan fingerprint density at radius 2 is 2.29 bits per heavy atom. The van der Waals surface area contributed by atoms with Crippen LogP contribution < -0.4 is 4.74 Å². The van der Waals surface area contributed by atoms with Crippen LogP contribution in [-0.4, -0.2) is 18.1 Å². The monoisotopic (exact) mass is 208 g/mol. The largest absolute Gasteiger partial charge is 0.497 e. The normalized spacial score (nSPS) is 20.4. The molecule has 0 spiro atoms. The number of thioether (sulfide) groups is 1. The van der Waals surface area contributed by atoms with Crippen LogP contribution in [0.2, 0.25) is 0 Å². The lowest BCUT2D eigenvalue weighted by molar-refractivity contribution is 0.0978. The van der Waals surface area contributed by atoms with Gasteiger partial charge in [0.1, 0.15) is 5.75 Å². The number of hydrogen-bond donors (Lipinski definition) is 0. The average molecular weight is 208 g/mol. The topological polar surface area (TPSA) is 26.3 Å². The van der Waals surface area contributed by atoms with Crippen molar-refractivity contribution in [1.29, 1.82) is 0 Å². The van der Waals surface area contributed by atoms with Gasteiger partial charge in [-0.15, -0.1) is 11.8 Å². The summed E-state index contributed by atoms with van der Waals surface area (Å²) in [5.74, 6) is 0.984. The Balaban J connectivity index is 2.44. The van der Waals surface area contributed by atoms with Crippen molar-refractivity contribution < 1.29 is 9.53 Å². The molecule has 0 radical (unpaired) electrons. The zero-order chi connectivity index (χ0) is 10.1. The molecule has 2 nitrogen and oxygen atoms in total. The van der Waals surface area contributed by atoms with Gasteiger partial charge in [0, 0.05) is 22.1 Å². The maximum absolute atomic E-state index is 11.7. The fraction of sp³-hybridized carbons (Fsp3) is 0.364. The van der Waals surface area contributed by atoms with Crippen LogP contribution in [0.3, 0.4) is 0 Å². The van der Waals surface area contributed by atoms with Crippen LogP contribution in [0.25, 0.3) is 0 Å². The molecule has 1 atom stereocenters. The van der Waals surface area contributed by atoms with Gasteiger partial charge in [-0.2, -0.15) is 0 Å². The van der Waals surface area contributed by atoms with Crippen LogP contribution in [0.5, 0.6) is 5.75 Å². The maximum atomic E-state index is 11.7. The van der Waals surface area contributed by atoms with E-state index in [4.69, 9.17) is 4.74 Å². The zero-order valence-electron chi connectivity index (χ0n) is 8.24. The molecule has 1 heterocycles. The molecule has 74 valence electrons. The second-order valence-electron chi connectivity index (χ2n) is 3.42. The predicted octanol–water partition coefficient (Wildman–Crippen LogP) is 2.76. The lowest BCUT2D eigenvalue weighted by atomic mass is 10.1. The molecule has 0 amide bonds. The van der Waals surface area contributed by atoms with E-state index < -0.39 is 0 Å². The van der Waals surface area contributed by atoms with Gasteiger partial charge in [-0.25, -0.2) is 0 Å². The fourth-order valence-electron chi connectivity index (χ4n) is 1.59. The summed E-state index contributed by atoms with van der Waals surface area (Å²) >= 11 is 1.76. The van der Waals surface area contributed by atoms with Crippen molar-refractivity contribution in [3.05, 3.63) is 23.8 Å². The first kappa shape index (κ1) is 9.59. The van der Waals surface area contributed by atoms with Crippen LogP contribution in [0.1, 0.15) is 23.7 Å². The zero-order valence-corrected chi connectivity index (χ0v) is 9.06. The lowest BCUT2D eigenvalue weighted by Crippen LogP contribution is -2.14. The number of hydrogen-bond acceptors (Lipinski definition) is 3. The SMILES string of the molecule is COc1ccc2c(c1)C(=O)C[C@H](C)S2. The van der Waals surface area contributed by atoms with Crippen molar-refractivity contribution in [2.45, 2.75) is 23.5 Å². The van der Waals surface area contributed by atoms with E-state index in [1.807, 2.05) is 18.2 Å². The summed E-state index contributed by atoms with van der Waals surface area (Å²) in [5, 5.41) is 0.392. The molecule has 1 aliphatic heterocycles. The van der Waals surface area contributed by atoms with Crippen molar-refractivity contribution in [3.8, 4) is 5.75 Å². The Kier molecular flexibility index (Phi) is 2.50. The standard InChI is InChI=1S/C11H12O2S/c1-7-5-10(12)9-6-8(13-2)3-4-11(9)14-7/h3-4,6-7H,5H2,1-2H3/t7-/m0/s1. The molecule has 0 saturated carbocycles. The molecule has 1 aromatic rings. The number of ketones is 1. The molecule has 0 fully saturated rings. The van der Waals surface area contributed by atoms with E-state index in [0.717, 1.165) is 16.2 Å². The summed E-state index contributed by atoms with van der Waals surface area (Å²) in [6.07, 6.45) is 0.630. The number of rotatable bonds is 1. The molecular formula is C11H12O2S. The third-order valence-electron chi connectivity index (χ3n) is 2.29. The second-order valence-corrected chi connectivity index (χ2v) is 4.90. The molecule has 2 rings (SSSR count). The van der Waals surface area contributed by atoms with E-state index in [9.17, 15) is 4.79 Å². The average Bonchev–Trinajstić information content (AvgIpc) is 2.17. The molecule has 0 bridgehead atoms. The Hall–Kier alpha value is -0.960. The molecule has 1 aliphatic rings. The third kappa shape index (κ3) is 1.64. The number of carbonyl (C=O) groups is 1. The number of ether oxygens (including phenoxy) is 1. The highest BCUT2D eigenvalue weighted by Gasteiger charge is 2.22. The van der Waals surface area contributed by atoms with Gasteiger partial charge in [0.2, 0.25) is 0 Å². The first-order chi connectivity index (χ1) is 6.70.